The van der Waals surface area contributed by atoms with Crippen LogP contribution in [0.5, 0.6) is 11.5 Å². The minimum absolute atomic E-state index is 0.0471. The number of anilines is 2. The standard InChI is InChI=1S/C23H23N3O4S/c1-14-4-7-17(8-5-14)26-12-16(11-21(26)27)22(28)25-23-24-18(13-31-23)15-6-9-19(29-2)20(10-15)30-3/h4-10,13,16H,11-12H2,1-3H3,(H,24,25,28). The summed E-state index contributed by atoms with van der Waals surface area (Å²) < 4.78 is 10.6. The lowest BCUT2D eigenvalue weighted by atomic mass is 10.1. The van der Waals surface area contributed by atoms with Crippen LogP contribution in [0.3, 0.4) is 0 Å². The van der Waals surface area contributed by atoms with Gasteiger partial charge in [-0.1, -0.05) is 17.7 Å². The minimum atomic E-state index is -0.415. The normalized spacial score (nSPS) is 15.8. The van der Waals surface area contributed by atoms with E-state index in [0.717, 1.165) is 22.5 Å². The van der Waals surface area contributed by atoms with Crippen molar-refractivity contribution in [3.8, 4) is 22.8 Å². The molecule has 160 valence electrons. The summed E-state index contributed by atoms with van der Waals surface area (Å²) in [6.45, 7) is 2.36. The van der Waals surface area contributed by atoms with Gasteiger partial charge in [0.15, 0.2) is 16.6 Å². The summed E-state index contributed by atoms with van der Waals surface area (Å²) in [4.78, 5) is 31.4. The van der Waals surface area contributed by atoms with E-state index >= 15 is 0 Å². The summed E-state index contributed by atoms with van der Waals surface area (Å²) in [5, 5.41) is 5.23. The Hall–Kier alpha value is -3.39. The number of carbonyl (C=O) groups is 2. The van der Waals surface area contributed by atoms with E-state index in [1.165, 1.54) is 11.3 Å². The molecule has 31 heavy (non-hydrogen) atoms. The predicted molar refractivity (Wildman–Crippen MR) is 121 cm³/mol. The second kappa shape index (κ2) is 8.77. The van der Waals surface area contributed by atoms with Crippen molar-refractivity contribution >= 4 is 34.0 Å². The largest absolute Gasteiger partial charge is 0.493 e. The Morgan fingerprint density at radius 3 is 2.58 bits per heavy atom. The highest BCUT2D eigenvalue weighted by atomic mass is 32.1. The number of ether oxygens (including phenoxy) is 2. The smallest absolute Gasteiger partial charge is 0.231 e. The van der Waals surface area contributed by atoms with Crippen molar-refractivity contribution in [2.45, 2.75) is 13.3 Å². The van der Waals surface area contributed by atoms with Crippen molar-refractivity contribution in [3.05, 3.63) is 53.4 Å². The Kier molecular flexibility index (Phi) is 5.90. The van der Waals surface area contributed by atoms with Crippen LogP contribution in [0, 0.1) is 12.8 Å². The summed E-state index contributed by atoms with van der Waals surface area (Å²) >= 11 is 1.34. The predicted octanol–water partition coefficient (Wildman–Crippen LogP) is 4.13. The molecule has 0 bridgehead atoms. The maximum Gasteiger partial charge on any atom is 0.231 e. The lowest BCUT2D eigenvalue weighted by Gasteiger charge is -2.16. The number of aryl methyl sites for hydroxylation is 1. The van der Waals surface area contributed by atoms with Gasteiger partial charge in [0.05, 0.1) is 25.8 Å². The molecule has 1 saturated heterocycles. The zero-order valence-electron chi connectivity index (χ0n) is 17.5. The Morgan fingerprint density at radius 1 is 1.13 bits per heavy atom. The van der Waals surface area contributed by atoms with Crippen LogP contribution in [0.1, 0.15) is 12.0 Å². The van der Waals surface area contributed by atoms with Crippen LogP contribution in [0.15, 0.2) is 47.8 Å². The second-order valence-corrected chi connectivity index (χ2v) is 8.20. The molecule has 4 rings (SSSR count). The Morgan fingerprint density at radius 2 is 1.87 bits per heavy atom. The lowest BCUT2D eigenvalue weighted by Crippen LogP contribution is -2.28. The monoisotopic (exact) mass is 437 g/mol. The minimum Gasteiger partial charge on any atom is -0.493 e. The average Bonchev–Trinajstić information content (AvgIpc) is 3.40. The zero-order chi connectivity index (χ0) is 22.0. The van der Waals surface area contributed by atoms with Crippen molar-refractivity contribution in [2.24, 2.45) is 5.92 Å². The number of nitrogens with one attached hydrogen (secondary N) is 1. The quantitative estimate of drug-likeness (QED) is 0.627. The molecule has 2 aromatic carbocycles. The van der Waals surface area contributed by atoms with Gasteiger partial charge in [-0.2, -0.15) is 0 Å². The fourth-order valence-corrected chi connectivity index (χ4v) is 4.25. The van der Waals surface area contributed by atoms with Gasteiger partial charge in [0.25, 0.3) is 0 Å². The molecule has 1 fully saturated rings. The van der Waals surface area contributed by atoms with E-state index in [0.29, 0.717) is 23.2 Å². The highest BCUT2D eigenvalue weighted by Crippen LogP contribution is 2.34. The van der Waals surface area contributed by atoms with E-state index < -0.39 is 5.92 Å². The molecule has 1 unspecified atom stereocenters. The van der Waals surface area contributed by atoms with Gasteiger partial charge in [-0.3, -0.25) is 9.59 Å². The molecule has 0 spiro atoms. The van der Waals surface area contributed by atoms with Crippen LogP contribution in [0.4, 0.5) is 10.8 Å². The molecule has 2 heterocycles. The van der Waals surface area contributed by atoms with Crippen LogP contribution < -0.4 is 19.7 Å². The van der Waals surface area contributed by atoms with Crippen LogP contribution in [-0.2, 0) is 9.59 Å². The molecule has 1 aromatic heterocycles. The van der Waals surface area contributed by atoms with Crippen molar-refractivity contribution in [1.29, 1.82) is 0 Å². The summed E-state index contributed by atoms with van der Waals surface area (Å²) in [5.41, 5.74) is 3.52. The molecule has 8 heteroatoms. The number of thiazole rings is 1. The second-order valence-electron chi connectivity index (χ2n) is 7.34. The summed E-state index contributed by atoms with van der Waals surface area (Å²) in [5.74, 6) is 0.589. The first kappa shape index (κ1) is 20.9. The molecule has 7 nitrogen and oxygen atoms in total. The molecule has 1 N–H and O–H groups in total. The SMILES string of the molecule is COc1ccc(-c2csc(NC(=O)C3CC(=O)N(c4ccc(C)cc4)C3)n2)cc1OC. The first-order valence-electron chi connectivity index (χ1n) is 9.84. The highest BCUT2D eigenvalue weighted by molar-refractivity contribution is 7.14. The fourth-order valence-electron chi connectivity index (χ4n) is 3.52. The van der Waals surface area contributed by atoms with Crippen LogP contribution in [0.2, 0.25) is 0 Å². The van der Waals surface area contributed by atoms with Gasteiger partial charge in [0.1, 0.15) is 0 Å². The number of amides is 2. The maximum absolute atomic E-state index is 12.8. The van der Waals surface area contributed by atoms with Gasteiger partial charge in [-0.05, 0) is 37.3 Å². The van der Waals surface area contributed by atoms with Gasteiger partial charge in [0, 0.05) is 29.6 Å². The fraction of sp³-hybridized carbons (Fsp3) is 0.261. The molecule has 1 aliphatic rings. The number of hydrogen-bond acceptors (Lipinski definition) is 6. The van der Waals surface area contributed by atoms with E-state index in [9.17, 15) is 9.59 Å². The van der Waals surface area contributed by atoms with Gasteiger partial charge in [0.2, 0.25) is 11.8 Å². The zero-order valence-corrected chi connectivity index (χ0v) is 18.4. The van der Waals surface area contributed by atoms with Crippen molar-refractivity contribution in [3.63, 3.8) is 0 Å². The number of methoxy groups -OCH3 is 2. The Balaban J connectivity index is 1.43. The lowest BCUT2D eigenvalue weighted by molar-refractivity contribution is -0.122. The number of hydrogen-bond donors (Lipinski definition) is 1. The number of aromatic nitrogens is 1. The first-order chi connectivity index (χ1) is 15.0. The van der Waals surface area contributed by atoms with Gasteiger partial charge >= 0.3 is 0 Å². The van der Waals surface area contributed by atoms with Gasteiger partial charge < -0.3 is 19.7 Å². The van der Waals surface area contributed by atoms with E-state index in [-0.39, 0.29) is 18.2 Å². The molecule has 0 aliphatic carbocycles. The van der Waals surface area contributed by atoms with E-state index in [4.69, 9.17) is 9.47 Å². The molecule has 3 aromatic rings. The number of nitrogens with zero attached hydrogens (tertiary/aromatic N) is 2. The van der Waals surface area contributed by atoms with Gasteiger partial charge in [-0.15, -0.1) is 11.3 Å². The van der Waals surface area contributed by atoms with E-state index in [1.54, 1.807) is 19.1 Å². The average molecular weight is 438 g/mol. The van der Waals surface area contributed by atoms with Crippen molar-refractivity contribution in [1.82, 2.24) is 4.98 Å². The molecule has 1 atom stereocenters. The van der Waals surface area contributed by atoms with E-state index in [2.05, 4.69) is 10.3 Å². The summed E-state index contributed by atoms with van der Waals surface area (Å²) in [6, 6.07) is 13.3. The summed E-state index contributed by atoms with van der Waals surface area (Å²) in [7, 11) is 3.17. The van der Waals surface area contributed by atoms with Crippen LogP contribution >= 0.6 is 11.3 Å². The number of rotatable bonds is 6. The van der Waals surface area contributed by atoms with Crippen molar-refractivity contribution in [2.75, 3.05) is 31.0 Å². The van der Waals surface area contributed by atoms with E-state index in [1.807, 2.05) is 54.8 Å². The topological polar surface area (TPSA) is 80.8 Å². The van der Waals surface area contributed by atoms with Gasteiger partial charge in [-0.25, -0.2) is 4.98 Å². The molecular weight excluding hydrogens is 414 g/mol. The molecule has 2 amide bonds. The molecule has 1 aliphatic heterocycles. The third kappa shape index (κ3) is 4.39. The maximum atomic E-state index is 12.8. The molecular formula is C23H23N3O4S. The third-order valence-electron chi connectivity index (χ3n) is 5.26. The third-order valence-corrected chi connectivity index (χ3v) is 6.01. The molecule has 0 radical (unpaired) electrons. The Bertz CT molecular complexity index is 1110. The van der Waals surface area contributed by atoms with Crippen LogP contribution in [0.25, 0.3) is 11.3 Å². The Labute approximate surface area is 184 Å². The van der Waals surface area contributed by atoms with Crippen molar-refractivity contribution < 1.29 is 19.1 Å². The summed E-state index contributed by atoms with van der Waals surface area (Å²) in [6.07, 6.45) is 0.188. The molecule has 0 saturated carbocycles. The number of carbonyl (C=O) groups excluding carboxylic acids is 2. The van der Waals surface area contributed by atoms with Crippen LogP contribution in [-0.4, -0.2) is 37.6 Å². The highest BCUT2D eigenvalue weighted by Gasteiger charge is 2.35. The first-order valence-corrected chi connectivity index (χ1v) is 10.7. The number of benzene rings is 2.